The first kappa shape index (κ1) is 22.9. The van der Waals surface area contributed by atoms with Crippen molar-refractivity contribution >= 4 is 44.1 Å². The van der Waals surface area contributed by atoms with Crippen LogP contribution in [0.5, 0.6) is 11.5 Å². The van der Waals surface area contributed by atoms with Gasteiger partial charge in [-0.15, -0.1) is 11.3 Å². The zero-order chi connectivity index (χ0) is 23.4. The van der Waals surface area contributed by atoms with E-state index < -0.39 is 5.82 Å². The number of thiol groups is 1. The Morgan fingerprint density at radius 1 is 0.912 bits per heavy atom. The second-order valence-corrected chi connectivity index (χ2v) is 12.3. The molecule has 3 aromatic rings. The summed E-state index contributed by atoms with van der Waals surface area (Å²) >= 11 is 5.40. The first-order chi connectivity index (χ1) is 16.5. The van der Waals surface area contributed by atoms with E-state index in [1.807, 2.05) is 19.1 Å². The molecule has 0 aliphatic heterocycles. The Balaban J connectivity index is 1.24. The number of thiophene rings is 1. The highest BCUT2D eigenvalue weighted by atomic mass is 32.1. The SMILES string of the molecule is C[C@@H](CS)COc1ccc2c(sc3c(F)c(OCC4C[C@H]5CC6CCC4C(C6)C5)ccc32)c1F. The molecule has 0 radical (unpaired) electrons. The van der Waals surface area contributed by atoms with Crippen molar-refractivity contribution < 1.29 is 18.3 Å². The van der Waals surface area contributed by atoms with E-state index in [1.165, 1.54) is 38.5 Å². The van der Waals surface area contributed by atoms with Crippen molar-refractivity contribution in [2.45, 2.75) is 45.4 Å². The predicted molar refractivity (Wildman–Crippen MR) is 138 cm³/mol. The average Bonchev–Trinajstić information content (AvgIpc) is 3.22. The molecule has 1 aromatic heterocycles. The fraction of sp³-hybridized carbons (Fsp3) is 0.571. The minimum absolute atomic E-state index is 0.210. The van der Waals surface area contributed by atoms with E-state index in [4.69, 9.17) is 9.47 Å². The highest BCUT2D eigenvalue weighted by Crippen LogP contribution is 2.54. The van der Waals surface area contributed by atoms with Crippen LogP contribution in [0.2, 0.25) is 0 Å². The molecule has 3 saturated carbocycles. The third kappa shape index (κ3) is 3.99. The highest BCUT2D eigenvalue weighted by molar-refractivity contribution is 7.80. The summed E-state index contributed by atoms with van der Waals surface area (Å²) in [6.45, 7) is 2.99. The van der Waals surface area contributed by atoms with E-state index in [0.29, 0.717) is 40.0 Å². The van der Waals surface area contributed by atoms with Crippen LogP contribution in [-0.2, 0) is 0 Å². The average molecular weight is 503 g/mol. The zero-order valence-corrected chi connectivity index (χ0v) is 21.3. The Bertz CT molecular complexity index is 1200. The zero-order valence-electron chi connectivity index (χ0n) is 19.6. The van der Waals surface area contributed by atoms with Gasteiger partial charge in [-0.25, -0.2) is 8.78 Å². The molecule has 0 N–H and O–H groups in total. The first-order valence-electron chi connectivity index (χ1n) is 12.7. The van der Waals surface area contributed by atoms with E-state index in [9.17, 15) is 0 Å². The number of fused-ring (bicyclic) bond motifs is 5. The van der Waals surface area contributed by atoms with Gasteiger partial charge in [0.15, 0.2) is 23.1 Å². The lowest BCUT2D eigenvalue weighted by Gasteiger charge is -2.51. The molecule has 0 spiro atoms. The topological polar surface area (TPSA) is 18.5 Å². The quantitative estimate of drug-likeness (QED) is 0.329. The van der Waals surface area contributed by atoms with Crippen LogP contribution in [0.25, 0.3) is 20.2 Å². The minimum atomic E-state index is -0.420. The van der Waals surface area contributed by atoms with Gasteiger partial charge in [0.05, 0.1) is 22.6 Å². The van der Waals surface area contributed by atoms with Gasteiger partial charge in [0.1, 0.15) is 0 Å². The Hall–Kier alpha value is -1.53. The number of benzene rings is 2. The standard InChI is InChI=1S/C28H32F2O2S2/c1-15(14-33)12-31-23-6-4-21-22-5-7-24(26(30)28(22)34-27(21)25(23)29)32-13-19-11-17-8-16-2-3-20(19)18(9-16)10-17/h4-7,15-20,33H,2-3,8-14H2,1H3/t15-,16?,17+,18?,19?,20?/m1/s1. The van der Waals surface area contributed by atoms with Crippen LogP contribution in [0.3, 0.4) is 0 Å². The monoisotopic (exact) mass is 502 g/mol. The minimum Gasteiger partial charge on any atom is -0.490 e. The van der Waals surface area contributed by atoms with Gasteiger partial charge in [-0.05, 0) is 97.6 Å². The van der Waals surface area contributed by atoms with Crippen LogP contribution in [0.1, 0.15) is 45.4 Å². The van der Waals surface area contributed by atoms with E-state index in [1.54, 1.807) is 12.1 Å². The van der Waals surface area contributed by atoms with Crippen molar-refractivity contribution in [2.75, 3.05) is 19.0 Å². The lowest BCUT2D eigenvalue weighted by atomic mass is 9.54. The summed E-state index contributed by atoms with van der Waals surface area (Å²) in [6, 6.07) is 7.07. The lowest BCUT2D eigenvalue weighted by molar-refractivity contribution is -0.0263. The van der Waals surface area contributed by atoms with Crippen LogP contribution in [0, 0.1) is 47.1 Å². The number of hydrogen-bond acceptors (Lipinski definition) is 4. The van der Waals surface area contributed by atoms with Crippen molar-refractivity contribution in [1.82, 2.24) is 0 Å². The summed E-state index contributed by atoms with van der Waals surface area (Å²) in [7, 11) is 0. The highest BCUT2D eigenvalue weighted by Gasteiger charge is 2.45. The number of halogens is 2. The Morgan fingerprint density at radius 3 is 2.29 bits per heavy atom. The lowest BCUT2D eigenvalue weighted by Crippen LogP contribution is -2.44. The molecule has 3 aliphatic carbocycles. The van der Waals surface area contributed by atoms with Crippen LogP contribution >= 0.6 is 24.0 Å². The van der Waals surface area contributed by atoms with Crippen molar-refractivity contribution in [3.8, 4) is 11.5 Å². The summed E-state index contributed by atoms with van der Waals surface area (Å²) in [5.41, 5.74) is 0. The Labute approximate surface area is 209 Å². The van der Waals surface area contributed by atoms with Gasteiger partial charge in [-0.3, -0.25) is 0 Å². The van der Waals surface area contributed by atoms with Crippen LogP contribution in [0.15, 0.2) is 24.3 Å². The van der Waals surface area contributed by atoms with Crippen molar-refractivity contribution in [3.63, 3.8) is 0 Å². The van der Waals surface area contributed by atoms with E-state index in [-0.39, 0.29) is 17.5 Å². The van der Waals surface area contributed by atoms with Crippen molar-refractivity contribution in [2.24, 2.45) is 35.5 Å². The molecule has 3 bridgehead atoms. The molecule has 6 heteroatoms. The second-order valence-electron chi connectivity index (χ2n) is 11.0. The fourth-order valence-electron chi connectivity index (χ4n) is 6.98. The van der Waals surface area contributed by atoms with Crippen LogP contribution in [-0.4, -0.2) is 19.0 Å². The Morgan fingerprint density at radius 2 is 1.59 bits per heavy atom. The number of ether oxygens (including phenoxy) is 2. The predicted octanol–water partition coefficient (Wildman–Crippen LogP) is 8.12. The van der Waals surface area contributed by atoms with Crippen molar-refractivity contribution in [1.29, 1.82) is 0 Å². The van der Waals surface area contributed by atoms with Crippen molar-refractivity contribution in [3.05, 3.63) is 35.9 Å². The van der Waals surface area contributed by atoms with Crippen LogP contribution in [0.4, 0.5) is 8.78 Å². The largest absolute Gasteiger partial charge is 0.490 e. The maximum absolute atomic E-state index is 15.5. The molecule has 4 unspecified atom stereocenters. The molecular weight excluding hydrogens is 470 g/mol. The number of rotatable bonds is 7. The van der Waals surface area contributed by atoms with E-state index in [2.05, 4.69) is 12.6 Å². The number of hydrogen-bond donors (Lipinski definition) is 1. The van der Waals surface area contributed by atoms with E-state index in [0.717, 1.165) is 45.8 Å². The summed E-state index contributed by atoms with van der Waals surface area (Å²) in [5, 5.41) is 1.44. The van der Waals surface area contributed by atoms with Gasteiger partial charge in [0.25, 0.3) is 0 Å². The first-order valence-corrected chi connectivity index (χ1v) is 14.2. The van der Waals surface area contributed by atoms with Crippen LogP contribution < -0.4 is 9.47 Å². The fourth-order valence-corrected chi connectivity index (χ4v) is 8.25. The smallest absolute Gasteiger partial charge is 0.182 e. The summed E-state index contributed by atoms with van der Waals surface area (Å²) < 4.78 is 43.4. The molecule has 2 aromatic carbocycles. The summed E-state index contributed by atoms with van der Waals surface area (Å²) in [4.78, 5) is 0. The molecule has 0 amide bonds. The molecular formula is C28H32F2O2S2. The normalized spacial score (nSPS) is 29.0. The molecule has 34 heavy (non-hydrogen) atoms. The molecule has 6 rings (SSSR count). The molecule has 0 saturated heterocycles. The van der Waals surface area contributed by atoms with E-state index >= 15 is 8.78 Å². The maximum Gasteiger partial charge on any atom is 0.182 e. The molecule has 3 fully saturated rings. The molecule has 182 valence electrons. The molecule has 3 aliphatic rings. The third-order valence-corrected chi connectivity index (χ3v) is 10.4. The van der Waals surface area contributed by atoms with Gasteiger partial charge in [0.2, 0.25) is 0 Å². The van der Waals surface area contributed by atoms with Gasteiger partial charge in [-0.2, -0.15) is 12.6 Å². The maximum atomic E-state index is 15.5. The third-order valence-electron chi connectivity index (χ3n) is 8.60. The van der Waals surface area contributed by atoms with Gasteiger partial charge < -0.3 is 9.47 Å². The van der Waals surface area contributed by atoms with Gasteiger partial charge in [0, 0.05) is 10.8 Å². The Kier molecular flexibility index (Phi) is 6.17. The summed E-state index contributed by atoms with van der Waals surface area (Å²) in [5.74, 6) is 4.50. The molecule has 6 atom stereocenters. The van der Waals surface area contributed by atoms with Gasteiger partial charge in [-0.1, -0.05) is 13.3 Å². The molecule has 2 nitrogen and oxygen atoms in total. The second kappa shape index (κ2) is 9.16. The summed E-state index contributed by atoms with van der Waals surface area (Å²) in [6.07, 6.45) is 8.07. The van der Waals surface area contributed by atoms with Gasteiger partial charge >= 0.3 is 0 Å². The molecule has 1 heterocycles.